The van der Waals surface area contributed by atoms with Crippen LogP contribution in [0.5, 0.6) is 11.5 Å². The fraction of sp³-hybridized carbons (Fsp3) is 0.250. The highest BCUT2D eigenvalue weighted by molar-refractivity contribution is 6.32. The minimum atomic E-state index is 0.484. The van der Waals surface area contributed by atoms with E-state index in [4.69, 9.17) is 21.1 Å². The van der Waals surface area contributed by atoms with Gasteiger partial charge in [0, 0.05) is 24.2 Å². The average Bonchev–Trinajstić information content (AvgIpc) is 2.87. The molecular weight excluding hydrogens is 302 g/mol. The molecule has 2 aromatic heterocycles. The Bertz CT molecular complexity index is 858. The third kappa shape index (κ3) is 2.37. The molecule has 0 aliphatic carbocycles. The van der Waals surface area contributed by atoms with Crippen molar-refractivity contribution in [1.29, 1.82) is 0 Å². The Labute approximate surface area is 133 Å². The van der Waals surface area contributed by atoms with Crippen molar-refractivity contribution in [2.75, 3.05) is 14.2 Å². The highest BCUT2D eigenvalue weighted by Gasteiger charge is 2.14. The van der Waals surface area contributed by atoms with Gasteiger partial charge in [0.05, 0.1) is 24.9 Å². The van der Waals surface area contributed by atoms with Crippen LogP contribution in [0.25, 0.3) is 22.3 Å². The zero-order valence-electron chi connectivity index (χ0n) is 12.8. The van der Waals surface area contributed by atoms with Crippen molar-refractivity contribution in [3.05, 3.63) is 35.0 Å². The Morgan fingerprint density at radius 3 is 2.59 bits per heavy atom. The molecule has 22 heavy (non-hydrogen) atoms. The monoisotopic (exact) mass is 317 g/mol. The molecule has 0 atom stereocenters. The second kappa shape index (κ2) is 5.50. The molecule has 0 bridgehead atoms. The molecule has 0 fully saturated rings. The molecule has 0 N–H and O–H groups in total. The van der Waals surface area contributed by atoms with Gasteiger partial charge in [-0.25, -0.2) is 4.98 Å². The zero-order chi connectivity index (χ0) is 15.9. The highest BCUT2D eigenvalue weighted by atomic mass is 35.5. The highest BCUT2D eigenvalue weighted by Crippen LogP contribution is 2.39. The van der Waals surface area contributed by atoms with Crippen molar-refractivity contribution in [1.82, 2.24) is 14.8 Å². The second-order valence-corrected chi connectivity index (χ2v) is 5.47. The maximum atomic E-state index is 6.27. The number of rotatable bonds is 3. The van der Waals surface area contributed by atoms with Gasteiger partial charge in [0.1, 0.15) is 0 Å². The van der Waals surface area contributed by atoms with Crippen LogP contribution in [0.1, 0.15) is 5.56 Å². The minimum absolute atomic E-state index is 0.484. The lowest BCUT2D eigenvalue weighted by atomic mass is 10.1. The number of aromatic nitrogens is 3. The van der Waals surface area contributed by atoms with E-state index in [2.05, 4.69) is 10.1 Å². The summed E-state index contributed by atoms with van der Waals surface area (Å²) in [7, 11) is 5.03. The number of hydrogen-bond acceptors (Lipinski definition) is 4. The van der Waals surface area contributed by atoms with Crippen molar-refractivity contribution >= 4 is 22.6 Å². The summed E-state index contributed by atoms with van der Waals surface area (Å²) in [6.07, 6.45) is 1.96. The first-order valence-corrected chi connectivity index (χ1v) is 7.14. The van der Waals surface area contributed by atoms with Gasteiger partial charge in [0.25, 0.3) is 0 Å². The Kier molecular flexibility index (Phi) is 3.66. The molecule has 0 amide bonds. The summed E-state index contributed by atoms with van der Waals surface area (Å²) < 4.78 is 12.4. The van der Waals surface area contributed by atoms with E-state index in [-0.39, 0.29) is 0 Å². The average molecular weight is 318 g/mol. The number of nitrogens with zero attached hydrogens (tertiary/aromatic N) is 3. The summed E-state index contributed by atoms with van der Waals surface area (Å²) >= 11 is 6.27. The van der Waals surface area contributed by atoms with E-state index in [0.29, 0.717) is 22.2 Å². The number of fused-ring (bicyclic) bond motifs is 1. The van der Waals surface area contributed by atoms with E-state index in [1.807, 2.05) is 38.4 Å². The predicted octanol–water partition coefficient (Wildman–Crippen LogP) is 3.61. The first-order chi connectivity index (χ1) is 10.5. The number of methoxy groups -OCH3 is 2. The Hall–Kier alpha value is -2.27. The fourth-order valence-electron chi connectivity index (χ4n) is 2.48. The van der Waals surface area contributed by atoms with Crippen LogP contribution in [-0.2, 0) is 7.05 Å². The molecule has 6 heteroatoms. The van der Waals surface area contributed by atoms with Crippen LogP contribution < -0.4 is 9.47 Å². The molecule has 5 nitrogen and oxygen atoms in total. The van der Waals surface area contributed by atoms with Gasteiger partial charge in [0.15, 0.2) is 17.1 Å². The van der Waals surface area contributed by atoms with Crippen LogP contribution in [0.3, 0.4) is 0 Å². The van der Waals surface area contributed by atoms with E-state index in [1.54, 1.807) is 18.9 Å². The van der Waals surface area contributed by atoms with Crippen LogP contribution in [0, 0.1) is 6.92 Å². The van der Waals surface area contributed by atoms with E-state index >= 15 is 0 Å². The fourth-order valence-corrected chi connectivity index (χ4v) is 2.77. The molecule has 3 rings (SSSR count). The van der Waals surface area contributed by atoms with Crippen LogP contribution in [0.15, 0.2) is 24.4 Å². The molecule has 0 saturated carbocycles. The largest absolute Gasteiger partial charge is 0.493 e. The summed E-state index contributed by atoms with van der Waals surface area (Å²) in [5, 5.41) is 5.90. The first kappa shape index (κ1) is 14.7. The van der Waals surface area contributed by atoms with E-state index in [0.717, 1.165) is 22.2 Å². The Morgan fingerprint density at radius 2 is 1.91 bits per heavy atom. The molecule has 0 spiro atoms. The molecule has 0 unspecified atom stereocenters. The lowest BCUT2D eigenvalue weighted by Crippen LogP contribution is -1.94. The molecule has 0 saturated heterocycles. The SMILES string of the molecule is COc1cc(-c2cc(C)c3cn(C)nc3n2)cc(Cl)c1OC. The maximum absolute atomic E-state index is 6.27. The summed E-state index contributed by atoms with van der Waals surface area (Å²) in [4.78, 5) is 4.61. The molecule has 2 heterocycles. The van der Waals surface area contributed by atoms with Gasteiger partial charge in [-0.05, 0) is 30.7 Å². The van der Waals surface area contributed by atoms with Gasteiger partial charge >= 0.3 is 0 Å². The van der Waals surface area contributed by atoms with Gasteiger partial charge < -0.3 is 9.47 Å². The Balaban J connectivity index is 2.20. The normalized spacial score (nSPS) is 11.0. The van der Waals surface area contributed by atoms with Gasteiger partial charge in [-0.1, -0.05) is 11.6 Å². The van der Waals surface area contributed by atoms with Gasteiger partial charge in [-0.3, -0.25) is 4.68 Å². The zero-order valence-corrected chi connectivity index (χ0v) is 13.6. The van der Waals surface area contributed by atoms with Gasteiger partial charge in [0.2, 0.25) is 0 Å². The quantitative estimate of drug-likeness (QED) is 0.740. The number of aryl methyl sites for hydroxylation is 2. The second-order valence-electron chi connectivity index (χ2n) is 5.06. The van der Waals surface area contributed by atoms with Crippen molar-refractivity contribution in [3.63, 3.8) is 0 Å². The number of halogens is 1. The van der Waals surface area contributed by atoms with Crippen molar-refractivity contribution in [2.45, 2.75) is 6.92 Å². The van der Waals surface area contributed by atoms with Crippen molar-refractivity contribution in [3.8, 4) is 22.8 Å². The van der Waals surface area contributed by atoms with Crippen LogP contribution in [0.2, 0.25) is 5.02 Å². The van der Waals surface area contributed by atoms with Gasteiger partial charge in [-0.2, -0.15) is 5.10 Å². The smallest absolute Gasteiger partial charge is 0.181 e. The summed E-state index contributed by atoms with van der Waals surface area (Å²) in [5.41, 5.74) is 3.48. The van der Waals surface area contributed by atoms with Crippen LogP contribution >= 0.6 is 11.6 Å². The number of benzene rings is 1. The van der Waals surface area contributed by atoms with Crippen molar-refractivity contribution in [2.24, 2.45) is 7.05 Å². The molecular formula is C16H16ClN3O2. The van der Waals surface area contributed by atoms with Crippen LogP contribution in [0.4, 0.5) is 0 Å². The van der Waals surface area contributed by atoms with Crippen molar-refractivity contribution < 1.29 is 9.47 Å². The molecule has 114 valence electrons. The first-order valence-electron chi connectivity index (χ1n) is 6.76. The summed E-state index contributed by atoms with van der Waals surface area (Å²) in [6.45, 7) is 2.04. The number of hydrogen-bond donors (Lipinski definition) is 0. The third-order valence-electron chi connectivity index (χ3n) is 3.54. The minimum Gasteiger partial charge on any atom is -0.493 e. The lowest BCUT2D eigenvalue weighted by molar-refractivity contribution is 0.355. The van der Waals surface area contributed by atoms with Gasteiger partial charge in [-0.15, -0.1) is 0 Å². The third-order valence-corrected chi connectivity index (χ3v) is 3.82. The van der Waals surface area contributed by atoms with E-state index < -0.39 is 0 Å². The maximum Gasteiger partial charge on any atom is 0.181 e. The molecule has 3 aromatic rings. The van der Waals surface area contributed by atoms with Crippen LogP contribution in [-0.4, -0.2) is 29.0 Å². The lowest BCUT2D eigenvalue weighted by Gasteiger charge is -2.12. The predicted molar refractivity (Wildman–Crippen MR) is 86.8 cm³/mol. The van der Waals surface area contributed by atoms with E-state index in [9.17, 15) is 0 Å². The summed E-state index contributed by atoms with van der Waals surface area (Å²) in [5.74, 6) is 1.09. The topological polar surface area (TPSA) is 49.2 Å². The number of pyridine rings is 1. The Morgan fingerprint density at radius 1 is 1.14 bits per heavy atom. The standard InChI is InChI=1S/C16H16ClN3O2/c1-9-5-13(18-16-11(9)8-20(2)19-16)10-6-12(17)15(22-4)14(7-10)21-3/h5-8H,1-4H3. The molecule has 0 aliphatic rings. The molecule has 1 aromatic carbocycles. The molecule has 0 aliphatic heterocycles. The number of ether oxygens (including phenoxy) is 2. The van der Waals surface area contributed by atoms with E-state index in [1.165, 1.54) is 0 Å². The molecule has 0 radical (unpaired) electrons. The summed E-state index contributed by atoms with van der Waals surface area (Å²) in [6, 6.07) is 5.70.